The summed E-state index contributed by atoms with van der Waals surface area (Å²) in [5, 5.41) is 3.07. The molecule has 0 radical (unpaired) electrons. The molecule has 5 rings (SSSR count). The van der Waals surface area contributed by atoms with E-state index in [0.29, 0.717) is 18.7 Å². The van der Waals surface area contributed by atoms with E-state index in [4.69, 9.17) is 4.74 Å². The van der Waals surface area contributed by atoms with Crippen molar-refractivity contribution < 1.29 is 14.3 Å². The summed E-state index contributed by atoms with van der Waals surface area (Å²) in [5.74, 6) is 1.07. The number of hydrogen-bond donors (Lipinski definition) is 1. The van der Waals surface area contributed by atoms with E-state index in [0.717, 1.165) is 56.6 Å². The van der Waals surface area contributed by atoms with Crippen molar-refractivity contribution in [2.75, 3.05) is 32.7 Å². The highest BCUT2D eigenvalue weighted by molar-refractivity contribution is 5.82. The first-order valence-electron chi connectivity index (χ1n) is 13.7. The number of rotatable bonds is 9. The van der Waals surface area contributed by atoms with Crippen LogP contribution in [0.1, 0.15) is 67.3 Å². The molecule has 2 amide bonds. The zero-order chi connectivity index (χ0) is 25.1. The van der Waals surface area contributed by atoms with E-state index in [2.05, 4.69) is 58.4 Å². The first-order chi connectivity index (χ1) is 17.5. The third-order valence-corrected chi connectivity index (χ3v) is 7.82. The average Bonchev–Trinajstić information content (AvgIpc) is 3.62. The van der Waals surface area contributed by atoms with Crippen molar-refractivity contribution in [2.45, 2.75) is 64.5 Å². The summed E-state index contributed by atoms with van der Waals surface area (Å²) in [4.78, 5) is 30.6. The third-order valence-electron chi connectivity index (χ3n) is 7.82. The van der Waals surface area contributed by atoms with E-state index in [1.54, 1.807) is 0 Å². The number of amides is 2. The van der Waals surface area contributed by atoms with E-state index in [9.17, 15) is 9.59 Å². The van der Waals surface area contributed by atoms with Gasteiger partial charge in [-0.05, 0) is 87.4 Å². The van der Waals surface area contributed by atoms with E-state index in [1.165, 1.54) is 24.0 Å². The molecule has 1 N–H and O–H groups in total. The van der Waals surface area contributed by atoms with E-state index < -0.39 is 6.10 Å². The normalized spacial score (nSPS) is 20.6. The maximum Gasteiger partial charge on any atom is 0.261 e. The summed E-state index contributed by atoms with van der Waals surface area (Å²) >= 11 is 0. The number of nitrogens with one attached hydrogen (secondary N) is 1. The Morgan fingerprint density at radius 3 is 2.50 bits per heavy atom. The number of hydrogen-bond acceptors (Lipinski definition) is 4. The fourth-order valence-electron chi connectivity index (χ4n) is 5.52. The zero-order valence-electron chi connectivity index (χ0n) is 21.7. The second kappa shape index (κ2) is 11.0. The van der Waals surface area contributed by atoms with Crippen LogP contribution in [0.3, 0.4) is 0 Å². The van der Waals surface area contributed by atoms with Gasteiger partial charge >= 0.3 is 0 Å². The van der Waals surface area contributed by atoms with Crippen molar-refractivity contribution in [3.8, 4) is 5.75 Å². The zero-order valence-corrected chi connectivity index (χ0v) is 21.7. The van der Waals surface area contributed by atoms with Crippen LogP contribution in [-0.4, -0.2) is 60.4 Å². The van der Waals surface area contributed by atoms with Gasteiger partial charge in [0.25, 0.3) is 5.91 Å². The summed E-state index contributed by atoms with van der Waals surface area (Å²) in [6, 6.07) is 14.5. The number of likely N-dealkylation sites (tertiary alicyclic amines) is 1. The quantitative estimate of drug-likeness (QED) is 0.572. The minimum atomic E-state index is -0.535. The van der Waals surface area contributed by atoms with E-state index in [1.807, 2.05) is 13.0 Å². The van der Waals surface area contributed by atoms with Gasteiger partial charge in [-0.15, -0.1) is 0 Å². The Morgan fingerprint density at radius 2 is 1.81 bits per heavy atom. The van der Waals surface area contributed by atoms with Crippen molar-refractivity contribution in [1.82, 2.24) is 15.1 Å². The van der Waals surface area contributed by atoms with Crippen LogP contribution in [0.25, 0.3) is 0 Å². The maximum atomic E-state index is 13.3. The molecule has 2 fully saturated rings. The Labute approximate surface area is 215 Å². The smallest absolute Gasteiger partial charge is 0.261 e. The van der Waals surface area contributed by atoms with Crippen LogP contribution in [0.5, 0.6) is 5.75 Å². The third kappa shape index (κ3) is 5.59. The van der Waals surface area contributed by atoms with E-state index in [-0.39, 0.29) is 23.8 Å². The van der Waals surface area contributed by atoms with Crippen molar-refractivity contribution in [2.24, 2.45) is 5.92 Å². The number of nitrogens with zero attached hydrogens (tertiary/aromatic N) is 2. The number of ether oxygens (including phenoxy) is 1. The molecule has 1 saturated heterocycles. The second-order valence-electron chi connectivity index (χ2n) is 10.6. The Balaban J connectivity index is 1.34. The van der Waals surface area contributed by atoms with Gasteiger partial charge in [0.05, 0.1) is 6.04 Å². The molecule has 36 heavy (non-hydrogen) atoms. The minimum Gasteiger partial charge on any atom is -0.481 e. The maximum absolute atomic E-state index is 13.3. The molecule has 3 aliphatic rings. The first kappa shape index (κ1) is 24.8. The van der Waals surface area contributed by atoms with Gasteiger partial charge in [-0.25, -0.2) is 0 Å². The highest BCUT2D eigenvalue weighted by Gasteiger charge is 2.39. The van der Waals surface area contributed by atoms with Crippen molar-refractivity contribution in [1.29, 1.82) is 0 Å². The Hall–Kier alpha value is -2.86. The number of carbonyl (C=O) groups excluding carboxylic acids is 2. The predicted octanol–water partition coefficient (Wildman–Crippen LogP) is 4.25. The van der Waals surface area contributed by atoms with Gasteiger partial charge in [0.1, 0.15) is 5.75 Å². The van der Waals surface area contributed by atoms with Gasteiger partial charge in [-0.3, -0.25) is 9.59 Å². The predicted molar refractivity (Wildman–Crippen MR) is 141 cm³/mol. The number of carbonyl (C=O) groups is 2. The summed E-state index contributed by atoms with van der Waals surface area (Å²) in [6.07, 6.45) is 5.40. The lowest BCUT2D eigenvalue weighted by Crippen LogP contribution is -2.42. The first-order valence-corrected chi connectivity index (χ1v) is 13.7. The highest BCUT2D eigenvalue weighted by atomic mass is 16.5. The molecule has 0 bridgehead atoms. The summed E-state index contributed by atoms with van der Waals surface area (Å²) in [6.45, 7) is 8.59. The molecule has 0 aromatic heterocycles. The van der Waals surface area contributed by atoms with Crippen LogP contribution in [0.2, 0.25) is 0 Å². The fraction of sp³-hybridized carbons (Fsp3) is 0.533. The number of fused-ring (bicyclic) bond motifs is 1. The van der Waals surface area contributed by atoms with Crippen molar-refractivity contribution in [3.05, 3.63) is 64.7 Å². The molecule has 6 heteroatoms. The van der Waals surface area contributed by atoms with Crippen LogP contribution in [-0.2, 0) is 16.0 Å². The molecule has 0 spiro atoms. The molecule has 0 unspecified atom stereocenters. The molecule has 2 aromatic rings. The number of benzene rings is 2. The van der Waals surface area contributed by atoms with Crippen LogP contribution in [0, 0.1) is 12.8 Å². The monoisotopic (exact) mass is 489 g/mol. The minimum absolute atomic E-state index is 0.0601. The molecule has 1 saturated carbocycles. The number of aryl methyl sites for hydroxylation is 1. The lowest BCUT2D eigenvalue weighted by atomic mass is 9.87. The molecule has 2 aromatic carbocycles. The topological polar surface area (TPSA) is 61.9 Å². The standard InChI is InChI=1S/C30H39N3O3/c1-3-27(29(34)31-15-19-32-16-4-5-17-32)36-25-13-12-22-14-18-33(30(35)24-10-11-24)28(26(22)20-25)23-8-6-21(2)7-9-23/h6-9,12-13,20,24,27-28H,3-5,10-11,14-19H2,1-2H3,(H,31,34)/t27-,28+/m1/s1. The summed E-state index contributed by atoms with van der Waals surface area (Å²) < 4.78 is 6.24. The van der Waals surface area contributed by atoms with Crippen LogP contribution in [0.15, 0.2) is 42.5 Å². The average molecular weight is 490 g/mol. The van der Waals surface area contributed by atoms with Crippen LogP contribution >= 0.6 is 0 Å². The Kier molecular flexibility index (Phi) is 7.61. The van der Waals surface area contributed by atoms with Gasteiger partial charge in [-0.1, -0.05) is 42.8 Å². The lowest BCUT2D eigenvalue weighted by molar-refractivity contribution is -0.134. The summed E-state index contributed by atoms with van der Waals surface area (Å²) in [5.41, 5.74) is 4.68. The molecule has 2 heterocycles. The highest BCUT2D eigenvalue weighted by Crippen LogP contribution is 2.41. The van der Waals surface area contributed by atoms with Gasteiger partial charge in [0.15, 0.2) is 6.10 Å². The van der Waals surface area contributed by atoms with Crippen LogP contribution in [0.4, 0.5) is 0 Å². The molecular weight excluding hydrogens is 450 g/mol. The molecule has 2 aliphatic heterocycles. The largest absolute Gasteiger partial charge is 0.481 e. The van der Waals surface area contributed by atoms with Gasteiger partial charge in [0, 0.05) is 25.6 Å². The fourth-order valence-corrected chi connectivity index (χ4v) is 5.52. The molecule has 6 nitrogen and oxygen atoms in total. The van der Waals surface area contributed by atoms with Gasteiger partial charge in [0.2, 0.25) is 5.91 Å². The van der Waals surface area contributed by atoms with Crippen molar-refractivity contribution in [3.63, 3.8) is 0 Å². The SMILES string of the molecule is CC[C@@H](Oc1ccc2c(c1)[C@H](c1ccc(C)cc1)N(C(=O)C1CC1)CC2)C(=O)NCCN1CCCC1. The molecule has 2 atom stereocenters. The molecule has 1 aliphatic carbocycles. The van der Waals surface area contributed by atoms with Gasteiger partial charge < -0.3 is 19.9 Å². The van der Waals surface area contributed by atoms with Crippen LogP contribution < -0.4 is 10.1 Å². The second-order valence-corrected chi connectivity index (χ2v) is 10.6. The van der Waals surface area contributed by atoms with Gasteiger partial charge in [-0.2, -0.15) is 0 Å². The lowest BCUT2D eigenvalue weighted by Gasteiger charge is -2.38. The van der Waals surface area contributed by atoms with E-state index >= 15 is 0 Å². The van der Waals surface area contributed by atoms with Crippen molar-refractivity contribution >= 4 is 11.8 Å². The Bertz CT molecular complexity index is 1070. The molecule has 192 valence electrons. The molecular formula is C30H39N3O3. The Morgan fingerprint density at radius 1 is 1.06 bits per heavy atom. The summed E-state index contributed by atoms with van der Waals surface area (Å²) in [7, 11) is 0.